The standard InChI is InChI=1S/C13H14FNO3/c1-8(13(17)18)15(9-6-7-9)12(16)10-4-2-3-5-11(10)14/h2-5,8-9H,6-7H2,1H3,(H,17,18). The molecule has 1 aromatic rings. The van der Waals surface area contributed by atoms with Gasteiger partial charge in [-0.2, -0.15) is 0 Å². The maximum atomic E-state index is 13.6. The van der Waals surface area contributed by atoms with Crippen molar-refractivity contribution in [1.82, 2.24) is 4.90 Å². The van der Waals surface area contributed by atoms with E-state index < -0.39 is 23.7 Å². The molecule has 18 heavy (non-hydrogen) atoms. The zero-order chi connectivity index (χ0) is 13.3. The molecule has 4 nitrogen and oxygen atoms in total. The van der Waals surface area contributed by atoms with Gasteiger partial charge < -0.3 is 10.0 Å². The van der Waals surface area contributed by atoms with Crippen LogP contribution in [-0.2, 0) is 4.79 Å². The summed E-state index contributed by atoms with van der Waals surface area (Å²) in [5.41, 5.74) is -0.0718. The Bertz CT molecular complexity index is 485. The van der Waals surface area contributed by atoms with Crippen LogP contribution in [0.15, 0.2) is 24.3 Å². The van der Waals surface area contributed by atoms with Crippen LogP contribution in [-0.4, -0.2) is 34.0 Å². The molecular weight excluding hydrogens is 237 g/mol. The van der Waals surface area contributed by atoms with E-state index >= 15 is 0 Å². The highest BCUT2D eigenvalue weighted by molar-refractivity contribution is 5.97. The van der Waals surface area contributed by atoms with Gasteiger partial charge in [-0.1, -0.05) is 12.1 Å². The van der Waals surface area contributed by atoms with Crippen LogP contribution < -0.4 is 0 Å². The van der Waals surface area contributed by atoms with Gasteiger partial charge in [0.25, 0.3) is 5.91 Å². The summed E-state index contributed by atoms with van der Waals surface area (Å²) in [4.78, 5) is 24.5. The number of hydrogen-bond acceptors (Lipinski definition) is 2. The van der Waals surface area contributed by atoms with E-state index in [0.717, 1.165) is 12.8 Å². The summed E-state index contributed by atoms with van der Waals surface area (Å²) in [6.07, 6.45) is 1.55. The van der Waals surface area contributed by atoms with Crippen LogP contribution in [0.2, 0.25) is 0 Å². The number of nitrogens with zero attached hydrogens (tertiary/aromatic N) is 1. The van der Waals surface area contributed by atoms with E-state index in [-0.39, 0.29) is 11.6 Å². The maximum absolute atomic E-state index is 13.6. The fourth-order valence-electron chi connectivity index (χ4n) is 1.90. The number of amides is 1. The molecule has 1 aliphatic rings. The SMILES string of the molecule is CC(C(=O)O)N(C(=O)c1ccccc1F)C1CC1. The lowest BCUT2D eigenvalue weighted by atomic mass is 10.1. The highest BCUT2D eigenvalue weighted by Crippen LogP contribution is 2.30. The lowest BCUT2D eigenvalue weighted by Crippen LogP contribution is -2.45. The Morgan fingerprint density at radius 2 is 2.00 bits per heavy atom. The minimum Gasteiger partial charge on any atom is -0.480 e. The van der Waals surface area contributed by atoms with Gasteiger partial charge in [0.05, 0.1) is 5.56 Å². The maximum Gasteiger partial charge on any atom is 0.326 e. The summed E-state index contributed by atoms with van der Waals surface area (Å²) < 4.78 is 13.6. The molecule has 1 amide bonds. The summed E-state index contributed by atoms with van der Waals surface area (Å²) in [6.45, 7) is 1.44. The topological polar surface area (TPSA) is 57.6 Å². The van der Waals surface area contributed by atoms with Crippen molar-refractivity contribution in [1.29, 1.82) is 0 Å². The summed E-state index contributed by atoms with van der Waals surface area (Å²) >= 11 is 0. The van der Waals surface area contributed by atoms with Crippen LogP contribution in [0.4, 0.5) is 4.39 Å². The molecule has 0 bridgehead atoms. The Hall–Kier alpha value is -1.91. The monoisotopic (exact) mass is 251 g/mol. The van der Waals surface area contributed by atoms with Crippen LogP contribution in [0.1, 0.15) is 30.1 Å². The smallest absolute Gasteiger partial charge is 0.326 e. The minimum atomic E-state index is -1.08. The minimum absolute atomic E-state index is 0.0718. The number of carboxylic acid groups (broad SMARTS) is 1. The lowest BCUT2D eigenvalue weighted by Gasteiger charge is -2.26. The van der Waals surface area contributed by atoms with Gasteiger partial charge in [-0.3, -0.25) is 4.79 Å². The Morgan fingerprint density at radius 3 is 2.50 bits per heavy atom. The highest BCUT2D eigenvalue weighted by atomic mass is 19.1. The summed E-state index contributed by atoms with van der Waals surface area (Å²) in [5, 5.41) is 9.01. The fourth-order valence-corrected chi connectivity index (χ4v) is 1.90. The molecule has 1 aromatic carbocycles. The van der Waals surface area contributed by atoms with Crippen LogP contribution in [0.25, 0.3) is 0 Å². The van der Waals surface area contributed by atoms with Crippen molar-refractivity contribution in [2.45, 2.75) is 31.8 Å². The Morgan fingerprint density at radius 1 is 1.39 bits per heavy atom. The van der Waals surface area contributed by atoms with Gasteiger partial charge in [0.2, 0.25) is 0 Å². The normalized spacial score (nSPS) is 16.1. The molecule has 0 spiro atoms. The van der Waals surface area contributed by atoms with Crippen molar-refractivity contribution >= 4 is 11.9 Å². The third-order valence-electron chi connectivity index (χ3n) is 3.05. The van der Waals surface area contributed by atoms with Crippen molar-refractivity contribution in [2.75, 3.05) is 0 Å². The highest BCUT2D eigenvalue weighted by Gasteiger charge is 2.39. The summed E-state index contributed by atoms with van der Waals surface area (Å²) in [6, 6.07) is 4.61. The van der Waals surface area contributed by atoms with E-state index in [1.54, 1.807) is 6.07 Å². The van der Waals surface area contributed by atoms with Crippen LogP contribution in [0, 0.1) is 5.82 Å². The van der Waals surface area contributed by atoms with Crippen molar-refractivity contribution < 1.29 is 19.1 Å². The molecule has 1 aliphatic carbocycles. The summed E-state index contributed by atoms with van der Waals surface area (Å²) in [7, 11) is 0. The third-order valence-corrected chi connectivity index (χ3v) is 3.05. The first-order chi connectivity index (χ1) is 8.52. The van der Waals surface area contributed by atoms with Crippen LogP contribution in [0.3, 0.4) is 0 Å². The number of carboxylic acids is 1. The second kappa shape index (κ2) is 4.76. The largest absolute Gasteiger partial charge is 0.480 e. The zero-order valence-corrected chi connectivity index (χ0v) is 9.97. The molecule has 1 saturated carbocycles. The molecule has 0 heterocycles. The first kappa shape index (κ1) is 12.5. The predicted molar refractivity (Wildman–Crippen MR) is 62.7 cm³/mol. The first-order valence-corrected chi connectivity index (χ1v) is 5.82. The second-order valence-electron chi connectivity index (χ2n) is 4.44. The molecule has 1 unspecified atom stereocenters. The first-order valence-electron chi connectivity index (χ1n) is 5.82. The van der Waals surface area contributed by atoms with Crippen molar-refractivity contribution in [3.8, 4) is 0 Å². The quantitative estimate of drug-likeness (QED) is 0.889. The van der Waals surface area contributed by atoms with E-state index in [1.165, 1.54) is 30.0 Å². The van der Waals surface area contributed by atoms with E-state index in [0.29, 0.717) is 0 Å². The van der Waals surface area contributed by atoms with Gasteiger partial charge in [0.1, 0.15) is 11.9 Å². The molecule has 1 fully saturated rings. The number of hydrogen-bond donors (Lipinski definition) is 1. The molecule has 0 aromatic heterocycles. The van der Waals surface area contributed by atoms with E-state index in [1.807, 2.05) is 0 Å². The Kier molecular flexibility index (Phi) is 3.32. The average molecular weight is 251 g/mol. The lowest BCUT2D eigenvalue weighted by molar-refractivity contribution is -0.141. The Balaban J connectivity index is 2.29. The number of halogens is 1. The average Bonchev–Trinajstić information content (AvgIpc) is 3.14. The number of carbonyl (C=O) groups is 2. The van der Waals surface area contributed by atoms with Crippen LogP contribution >= 0.6 is 0 Å². The molecule has 96 valence electrons. The fraction of sp³-hybridized carbons (Fsp3) is 0.385. The van der Waals surface area contributed by atoms with E-state index in [9.17, 15) is 14.0 Å². The number of benzene rings is 1. The molecule has 0 aliphatic heterocycles. The van der Waals surface area contributed by atoms with Gasteiger partial charge in [-0.05, 0) is 31.9 Å². The molecular formula is C13H14FNO3. The van der Waals surface area contributed by atoms with Gasteiger partial charge in [-0.15, -0.1) is 0 Å². The molecule has 0 radical (unpaired) electrons. The van der Waals surface area contributed by atoms with Gasteiger partial charge in [0.15, 0.2) is 0 Å². The van der Waals surface area contributed by atoms with Crippen molar-refractivity contribution in [2.24, 2.45) is 0 Å². The second-order valence-corrected chi connectivity index (χ2v) is 4.44. The molecule has 1 atom stereocenters. The number of aliphatic carboxylic acids is 1. The van der Waals surface area contributed by atoms with Crippen molar-refractivity contribution in [3.63, 3.8) is 0 Å². The molecule has 2 rings (SSSR count). The van der Waals surface area contributed by atoms with Crippen molar-refractivity contribution in [3.05, 3.63) is 35.6 Å². The predicted octanol–water partition coefficient (Wildman–Crippen LogP) is 1.90. The van der Waals surface area contributed by atoms with Gasteiger partial charge >= 0.3 is 5.97 Å². The number of rotatable bonds is 4. The van der Waals surface area contributed by atoms with E-state index in [2.05, 4.69) is 0 Å². The van der Waals surface area contributed by atoms with Crippen LogP contribution in [0.5, 0.6) is 0 Å². The molecule has 5 heteroatoms. The van der Waals surface area contributed by atoms with E-state index in [4.69, 9.17) is 5.11 Å². The summed E-state index contributed by atoms with van der Waals surface area (Å²) in [5.74, 6) is -2.25. The van der Waals surface area contributed by atoms with Gasteiger partial charge in [0, 0.05) is 6.04 Å². The van der Waals surface area contributed by atoms with Gasteiger partial charge in [-0.25, -0.2) is 9.18 Å². The zero-order valence-electron chi connectivity index (χ0n) is 9.97. The molecule has 0 saturated heterocycles. The third kappa shape index (κ3) is 2.34. The molecule has 1 N–H and O–H groups in total. The number of carbonyl (C=O) groups excluding carboxylic acids is 1. The Labute approximate surface area is 104 Å².